The van der Waals surface area contributed by atoms with Gasteiger partial charge in [-0.3, -0.25) is 9.78 Å². The maximum atomic E-state index is 12.0. The highest BCUT2D eigenvalue weighted by atomic mass is 35.5. The summed E-state index contributed by atoms with van der Waals surface area (Å²) in [5, 5.41) is 14.1. The summed E-state index contributed by atoms with van der Waals surface area (Å²) in [6, 6.07) is 7.85. The fraction of sp³-hybridized carbons (Fsp3) is 0.421. The van der Waals surface area contributed by atoms with Crippen molar-refractivity contribution in [2.75, 3.05) is 18.0 Å². The molecule has 1 aromatic heterocycles. The van der Waals surface area contributed by atoms with Crippen molar-refractivity contribution < 1.29 is 4.79 Å². The van der Waals surface area contributed by atoms with Gasteiger partial charge < -0.3 is 10.2 Å². The van der Waals surface area contributed by atoms with Gasteiger partial charge in [0.15, 0.2) is 0 Å². The second kappa shape index (κ2) is 7.28. The number of carbonyl (C=O) groups is 1. The second-order valence-electron chi connectivity index (χ2n) is 6.74. The molecule has 25 heavy (non-hydrogen) atoms. The van der Waals surface area contributed by atoms with Gasteiger partial charge in [0.05, 0.1) is 16.8 Å². The number of benzene rings is 1. The number of rotatable bonds is 3. The van der Waals surface area contributed by atoms with E-state index in [-0.39, 0.29) is 17.9 Å². The Morgan fingerprint density at radius 1 is 1.48 bits per heavy atom. The summed E-state index contributed by atoms with van der Waals surface area (Å²) in [6.07, 6.45) is 3.51. The topological polar surface area (TPSA) is 69.0 Å². The summed E-state index contributed by atoms with van der Waals surface area (Å²) >= 11 is 6.17. The lowest BCUT2D eigenvalue weighted by Crippen LogP contribution is -2.49. The standard InChI is InChI=1S/C19H21ClN4O/c1-12(2)19(25)23-15-4-3-7-24(11-15)18-13(9-21)10-22-17-6-5-14(20)8-16(17)18/h5-6,8,10,12,15H,3-4,7,11H2,1-2H3,(H,23,25). The van der Waals surface area contributed by atoms with Crippen LogP contribution < -0.4 is 10.2 Å². The van der Waals surface area contributed by atoms with Gasteiger partial charge in [0.25, 0.3) is 0 Å². The molecule has 1 aliphatic rings. The summed E-state index contributed by atoms with van der Waals surface area (Å²) in [5.41, 5.74) is 2.20. The Hall–Kier alpha value is -2.32. The van der Waals surface area contributed by atoms with Crippen LogP contribution in [-0.2, 0) is 4.79 Å². The third-order valence-corrected chi connectivity index (χ3v) is 4.77. The Morgan fingerprint density at radius 3 is 3.00 bits per heavy atom. The molecule has 3 rings (SSSR count). The molecule has 1 amide bonds. The molecule has 1 saturated heterocycles. The van der Waals surface area contributed by atoms with Crippen molar-refractivity contribution in [1.82, 2.24) is 10.3 Å². The average molecular weight is 357 g/mol. The quantitative estimate of drug-likeness (QED) is 0.913. The van der Waals surface area contributed by atoms with Crippen molar-refractivity contribution in [1.29, 1.82) is 5.26 Å². The number of carbonyl (C=O) groups excluding carboxylic acids is 1. The van der Waals surface area contributed by atoms with Crippen molar-refractivity contribution >= 4 is 34.1 Å². The van der Waals surface area contributed by atoms with E-state index in [0.29, 0.717) is 17.1 Å². The number of nitrogens with zero attached hydrogens (tertiary/aromatic N) is 3. The maximum absolute atomic E-state index is 12.0. The number of amides is 1. The van der Waals surface area contributed by atoms with E-state index >= 15 is 0 Å². The van der Waals surface area contributed by atoms with E-state index in [9.17, 15) is 10.1 Å². The van der Waals surface area contributed by atoms with E-state index in [1.165, 1.54) is 0 Å². The van der Waals surface area contributed by atoms with Crippen LogP contribution in [0, 0.1) is 17.2 Å². The molecule has 2 heterocycles. The molecule has 0 aliphatic carbocycles. The minimum Gasteiger partial charge on any atom is -0.368 e. The zero-order valence-corrected chi connectivity index (χ0v) is 15.2. The molecule has 6 heteroatoms. The van der Waals surface area contributed by atoms with Gasteiger partial charge in [-0.25, -0.2) is 0 Å². The van der Waals surface area contributed by atoms with Gasteiger partial charge in [-0.1, -0.05) is 25.4 Å². The second-order valence-corrected chi connectivity index (χ2v) is 7.18. The molecule has 1 N–H and O–H groups in total. The third kappa shape index (κ3) is 3.69. The molecule has 1 atom stereocenters. The molecular weight excluding hydrogens is 336 g/mol. The van der Waals surface area contributed by atoms with Crippen LogP contribution in [0.1, 0.15) is 32.3 Å². The summed E-state index contributed by atoms with van der Waals surface area (Å²) < 4.78 is 0. The van der Waals surface area contributed by atoms with Crippen LogP contribution in [0.4, 0.5) is 5.69 Å². The predicted molar refractivity (Wildman–Crippen MR) is 99.7 cm³/mol. The van der Waals surface area contributed by atoms with Gasteiger partial charge >= 0.3 is 0 Å². The predicted octanol–water partition coefficient (Wildman–Crippen LogP) is 3.50. The van der Waals surface area contributed by atoms with Gasteiger partial charge in [-0.05, 0) is 31.0 Å². The number of nitriles is 1. The lowest BCUT2D eigenvalue weighted by Gasteiger charge is -2.36. The third-order valence-electron chi connectivity index (χ3n) is 4.53. The van der Waals surface area contributed by atoms with Gasteiger partial charge in [-0.2, -0.15) is 5.26 Å². The van der Waals surface area contributed by atoms with Crippen LogP contribution in [0.25, 0.3) is 10.9 Å². The van der Waals surface area contributed by atoms with Crippen LogP contribution in [0.5, 0.6) is 0 Å². The fourth-order valence-electron chi connectivity index (χ4n) is 3.24. The van der Waals surface area contributed by atoms with Crippen LogP contribution >= 0.6 is 11.6 Å². The van der Waals surface area contributed by atoms with Crippen molar-refractivity contribution in [2.45, 2.75) is 32.7 Å². The molecule has 5 nitrogen and oxygen atoms in total. The SMILES string of the molecule is CC(C)C(=O)NC1CCCN(c2c(C#N)cnc3ccc(Cl)cc23)C1. The van der Waals surface area contributed by atoms with E-state index in [0.717, 1.165) is 36.0 Å². The first-order valence-corrected chi connectivity index (χ1v) is 8.91. The highest BCUT2D eigenvalue weighted by Gasteiger charge is 2.25. The molecule has 1 fully saturated rings. The van der Waals surface area contributed by atoms with Crippen LogP contribution in [0.3, 0.4) is 0 Å². The molecule has 2 aromatic rings. The summed E-state index contributed by atoms with van der Waals surface area (Å²) in [4.78, 5) is 18.6. The Balaban J connectivity index is 1.96. The summed E-state index contributed by atoms with van der Waals surface area (Å²) in [6.45, 7) is 5.30. The van der Waals surface area contributed by atoms with Gasteiger partial charge in [-0.15, -0.1) is 0 Å². The molecule has 0 bridgehead atoms. The molecule has 0 spiro atoms. The van der Waals surface area contributed by atoms with E-state index in [4.69, 9.17) is 11.6 Å². The van der Waals surface area contributed by atoms with Gasteiger partial charge in [0.1, 0.15) is 6.07 Å². The first-order valence-electron chi connectivity index (χ1n) is 8.53. The molecular formula is C19H21ClN4O. The molecule has 1 aliphatic heterocycles. The summed E-state index contributed by atoms with van der Waals surface area (Å²) in [5.74, 6) is 0.0283. The van der Waals surface area contributed by atoms with Crippen molar-refractivity contribution in [3.8, 4) is 6.07 Å². The van der Waals surface area contributed by atoms with Crippen LogP contribution in [0.15, 0.2) is 24.4 Å². The van der Waals surface area contributed by atoms with Crippen LogP contribution in [-0.4, -0.2) is 30.0 Å². The molecule has 130 valence electrons. The Bertz CT molecular complexity index is 843. The van der Waals surface area contributed by atoms with Crippen LogP contribution in [0.2, 0.25) is 5.02 Å². The monoisotopic (exact) mass is 356 g/mol. The number of hydrogen-bond donors (Lipinski definition) is 1. The number of pyridine rings is 1. The number of anilines is 1. The smallest absolute Gasteiger partial charge is 0.222 e. The lowest BCUT2D eigenvalue weighted by atomic mass is 10.0. The largest absolute Gasteiger partial charge is 0.368 e. The highest BCUT2D eigenvalue weighted by molar-refractivity contribution is 6.31. The first kappa shape index (κ1) is 17.5. The first-order chi connectivity index (χ1) is 12.0. The number of piperidine rings is 1. The van der Waals surface area contributed by atoms with Crippen molar-refractivity contribution in [2.24, 2.45) is 5.92 Å². The maximum Gasteiger partial charge on any atom is 0.222 e. The molecule has 1 unspecified atom stereocenters. The zero-order chi connectivity index (χ0) is 18.0. The highest BCUT2D eigenvalue weighted by Crippen LogP contribution is 2.33. The van der Waals surface area contributed by atoms with E-state index in [1.807, 2.05) is 26.0 Å². The average Bonchev–Trinajstić information content (AvgIpc) is 2.60. The summed E-state index contributed by atoms with van der Waals surface area (Å²) in [7, 11) is 0. The number of hydrogen-bond acceptors (Lipinski definition) is 4. The number of aromatic nitrogens is 1. The minimum absolute atomic E-state index is 0.0365. The molecule has 0 saturated carbocycles. The van der Waals surface area contributed by atoms with E-state index < -0.39 is 0 Å². The lowest BCUT2D eigenvalue weighted by molar-refractivity contribution is -0.124. The van der Waals surface area contributed by atoms with Crippen molar-refractivity contribution in [3.63, 3.8) is 0 Å². The Kier molecular flexibility index (Phi) is 5.10. The van der Waals surface area contributed by atoms with Crippen molar-refractivity contribution in [3.05, 3.63) is 35.0 Å². The normalized spacial score (nSPS) is 17.6. The van der Waals surface area contributed by atoms with Gasteiger partial charge in [0, 0.05) is 41.7 Å². The van der Waals surface area contributed by atoms with Gasteiger partial charge in [0.2, 0.25) is 5.91 Å². The molecule has 0 radical (unpaired) electrons. The van der Waals surface area contributed by atoms with E-state index in [1.54, 1.807) is 12.3 Å². The number of fused-ring (bicyclic) bond motifs is 1. The number of nitrogens with one attached hydrogen (secondary N) is 1. The molecule has 1 aromatic carbocycles. The fourth-order valence-corrected chi connectivity index (χ4v) is 3.41. The zero-order valence-electron chi connectivity index (χ0n) is 14.4. The van der Waals surface area contributed by atoms with E-state index in [2.05, 4.69) is 21.3 Å². The minimum atomic E-state index is -0.0365. The Morgan fingerprint density at radius 2 is 2.28 bits per heavy atom. The Labute approximate surface area is 152 Å². The number of halogens is 1.